The van der Waals surface area contributed by atoms with Crippen LogP contribution in [0.1, 0.15) is 47.5 Å². The fourth-order valence-corrected chi connectivity index (χ4v) is 1.67. The molecule has 1 amide bonds. The number of para-hydroxylation sites is 1. The summed E-state index contributed by atoms with van der Waals surface area (Å²) in [6.45, 7) is 15.1. The molecule has 1 saturated heterocycles. The minimum absolute atomic E-state index is 0.160. The van der Waals surface area contributed by atoms with Gasteiger partial charge >= 0.3 is 0 Å². The van der Waals surface area contributed by atoms with Crippen LogP contribution in [0.4, 0.5) is 5.69 Å². The number of carbonyl (C=O) groups excluding carboxylic acids is 1. The Kier molecular flexibility index (Phi) is 9.44. The Morgan fingerprint density at radius 3 is 2.05 bits per heavy atom. The zero-order valence-electron chi connectivity index (χ0n) is 13.6. The highest BCUT2D eigenvalue weighted by Crippen LogP contribution is 2.22. The first-order valence-corrected chi connectivity index (χ1v) is 7.52. The molecule has 1 aliphatic heterocycles. The Morgan fingerprint density at radius 2 is 1.60 bits per heavy atom. The third-order valence-corrected chi connectivity index (χ3v) is 2.46. The van der Waals surface area contributed by atoms with Crippen LogP contribution >= 0.6 is 0 Å². The second-order valence-electron chi connectivity index (χ2n) is 5.29. The van der Waals surface area contributed by atoms with Gasteiger partial charge < -0.3 is 4.90 Å². The summed E-state index contributed by atoms with van der Waals surface area (Å²) in [6.07, 6.45) is 1.41. The Hall–Kier alpha value is -1.57. The molecule has 0 N–H and O–H groups in total. The van der Waals surface area contributed by atoms with Crippen LogP contribution in [0.5, 0.6) is 0 Å². The van der Waals surface area contributed by atoms with Crippen molar-refractivity contribution in [1.29, 1.82) is 0 Å². The number of nitrogens with zero attached hydrogens (tertiary/aromatic N) is 1. The fourth-order valence-electron chi connectivity index (χ4n) is 1.67. The second kappa shape index (κ2) is 10.2. The second-order valence-corrected chi connectivity index (χ2v) is 5.29. The summed E-state index contributed by atoms with van der Waals surface area (Å²) < 4.78 is 0. The van der Waals surface area contributed by atoms with Crippen LogP contribution in [0, 0.1) is 5.92 Å². The molecule has 1 aliphatic rings. The predicted octanol–water partition coefficient (Wildman–Crippen LogP) is 5.06. The SMILES string of the molecule is C=C1CCN(c2ccccc2)C(=O)C1.CC.CC(C)C. The third kappa shape index (κ3) is 7.13. The van der Waals surface area contributed by atoms with Crippen molar-refractivity contribution < 1.29 is 4.79 Å². The molecular weight excluding hydrogens is 246 g/mol. The molecule has 1 aromatic carbocycles. The quantitative estimate of drug-likeness (QED) is 0.656. The largest absolute Gasteiger partial charge is 0.312 e. The van der Waals surface area contributed by atoms with Gasteiger partial charge in [-0.1, -0.05) is 65.0 Å². The normalized spacial score (nSPS) is 14.2. The summed E-state index contributed by atoms with van der Waals surface area (Å²) in [7, 11) is 0. The molecule has 1 heterocycles. The van der Waals surface area contributed by atoms with Gasteiger partial charge in [-0.25, -0.2) is 0 Å². The van der Waals surface area contributed by atoms with Crippen LogP contribution in [-0.2, 0) is 4.79 Å². The van der Waals surface area contributed by atoms with Gasteiger partial charge in [-0.2, -0.15) is 0 Å². The van der Waals surface area contributed by atoms with Crippen LogP contribution in [0.2, 0.25) is 0 Å². The maximum absolute atomic E-state index is 11.7. The maximum Gasteiger partial charge on any atom is 0.231 e. The molecule has 2 rings (SSSR count). The fraction of sp³-hybridized carbons (Fsp3) is 0.500. The number of carbonyl (C=O) groups is 1. The summed E-state index contributed by atoms with van der Waals surface area (Å²) in [6, 6.07) is 9.78. The van der Waals surface area contributed by atoms with Crippen LogP contribution in [-0.4, -0.2) is 12.5 Å². The van der Waals surface area contributed by atoms with Gasteiger partial charge in [-0.05, 0) is 24.5 Å². The highest BCUT2D eigenvalue weighted by molar-refractivity contribution is 5.95. The van der Waals surface area contributed by atoms with E-state index >= 15 is 0 Å². The average molecular weight is 275 g/mol. The molecular formula is C18H29NO. The molecule has 0 aromatic heterocycles. The van der Waals surface area contributed by atoms with Gasteiger partial charge in [0.25, 0.3) is 0 Å². The topological polar surface area (TPSA) is 20.3 Å². The van der Waals surface area contributed by atoms with E-state index in [2.05, 4.69) is 27.4 Å². The predicted molar refractivity (Wildman–Crippen MR) is 89.0 cm³/mol. The van der Waals surface area contributed by atoms with E-state index in [1.165, 1.54) is 0 Å². The molecule has 0 aliphatic carbocycles. The van der Waals surface area contributed by atoms with E-state index in [-0.39, 0.29) is 5.91 Å². The maximum atomic E-state index is 11.7. The van der Waals surface area contributed by atoms with Gasteiger partial charge in [0.1, 0.15) is 0 Å². The van der Waals surface area contributed by atoms with Gasteiger partial charge in [0, 0.05) is 18.7 Å². The summed E-state index contributed by atoms with van der Waals surface area (Å²) in [5.74, 6) is 0.993. The molecule has 20 heavy (non-hydrogen) atoms. The minimum atomic E-state index is 0.160. The Labute approximate surface area is 124 Å². The van der Waals surface area contributed by atoms with Gasteiger partial charge in [0.05, 0.1) is 0 Å². The van der Waals surface area contributed by atoms with Crippen molar-refractivity contribution in [1.82, 2.24) is 0 Å². The number of hydrogen-bond donors (Lipinski definition) is 0. The smallest absolute Gasteiger partial charge is 0.231 e. The number of hydrogen-bond acceptors (Lipinski definition) is 1. The number of anilines is 1. The molecule has 0 atom stereocenters. The zero-order chi connectivity index (χ0) is 15.5. The molecule has 0 spiro atoms. The summed E-state index contributed by atoms with van der Waals surface area (Å²) >= 11 is 0. The standard InChI is InChI=1S/C12H13NO.C4H10.C2H6/c1-10-7-8-13(12(14)9-10)11-5-3-2-4-6-11;1-4(2)3;1-2/h2-6H,1,7-9H2;4H,1-3H3;1-2H3. The minimum Gasteiger partial charge on any atom is -0.312 e. The van der Waals surface area contributed by atoms with Crippen molar-refractivity contribution in [2.75, 3.05) is 11.4 Å². The lowest BCUT2D eigenvalue weighted by Crippen LogP contribution is -2.35. The van der Waals surface area contributed by atoms with Gasteiger partial charge in [0.2, 0.25) is 5.91 Å². The Bertz CT molecular complexity index is 392. The van der Waals surface area contributed by atoms with Crippen molar-refractivity contribution in [3.8, 4) is 0 Å². The van der Waals surface area contributed by atoms with Crippen molar-refractivity contribution in [2.24, 2.45) is 5.92 Å². The summed E-state index contributed by atoms with van der Waals surface area (Å²) in [5.41, 5.74) is 2.03. The first-order chi connectivity index (χ1) is 9.50. The van der Waals surface area contributed by atoms with Crippen molar-refractivity contribution in [3.05, 3.63) is 42.5 Å². The van der Waals surface area contributed by atoms with E-state index in [9.17, 15) is 4.79 Å². The lowest BCUT2D eigenvalue weighted by atomic mass is 10.0. The number of benzene rings is 1. The molecule has 0 radical (unpaired) electrons. The van der Waals surface area contributed by atoms with Crippen LogP contribution in [0.3, 0.4) is 0 Å². The number of rotatable bonds is 1. The van der Waals surface area contributed by atoms with Crippen molar-refractivity contribution in [3.63, 3.8) is 0 Å². The Morgan fingerprint density at radius 1 is 1.10 bits per heavy atom. The van der Waals surface area contributed by atoms with E-state index in [0.29, 0.717) is 6.42 Å². The number of piperidine rings is 1. The van der Waals surface area contributed by atoms with Crippen molar-refractivity contribution >= 4 is 11.6 Å². The molecule has 0 bridgehead atoms. The molecule has 2 nitrogen and oxygen atoms in total. The number of amides is 1. The zero-order valence-corrected chi connectivity index (χ0v) is 13.6. The van der Waals surface area contributed by atoms with Crippen molar-refractivity contribution in [2.45, 2.75) is 47.5 Å². The highest BCUT2D eigenvalue weighted by Gasteiger charge is 2.20. The van der Waals surface area contributed by atoms with Crippen LogP contribution < -0.4 is 4.90 Å². The summed E-state index contributed by atoms with van der Waals surface area (Å²) in [4.78, 5) is 13.5. The lowest BCUT2D eigenvalue weighted by molar-refractivity contribution is -0.118. The van der Waals surface area contributed by atoms with E-state index in [0.717, 1.165) is 30.1 Å². The Balaban J connectivity index is 0.000000521. The molecule has 2 heteroatoms. The first kappa shape index (κ1) is 18.4. The van der Waals surface area contributed by atoms with E-state index in [4.69, 9.17) is 0 Å². The molecule has 0 unspecified atom stereocenters. The van der Waals surface area contributed by atoms with E-state index in [1.807, 2.05) is 49.1 Å². The van der Waals surface area contributed by atoms with Crippen LogP contribution in [0.25, 0.3) is 0 Å². The third-order valence-electron chi connectivity index (χ3n) is 2.46. The first-order valence-electron chi connectivity index (χ1n) is 7.52. The van der Waals surface area contributed by atoms with E-state index in [1.54, 1.807) is 0 Å². The lowest BCUT2D eigenvalue weighted by Gasteiger charge is -2.27. The monoisotopic (exact) mass is 275 g/mol. The van der Waals surface area contributed by atoms with Gasteiger partial charge in [0.15, 0.2) is 0 Å². The molecule has 1 fully saturated rings. The van der Waals surface area contributed by atoms with Crippen LogP contribution in [0.15, 0.2) is 42.5 Å². The van der Waals surface area contributed by atoms with E-state index < -0.39 is 0 Å². The summed E-state index contributed by atoms with van der Waals surface area (Å²) in [5, 5.41) is 0. The molecule has 0 saturated carbocycles. The highest BCUT2D eigenvalue weighted by atomic mass is 16.2. The molecule has 1 aromatic rings. The van der Waals surface area contributed by atoms with Gasteiger partial charge in [-0.3, -0.25) is 4.79 Å². The van der Waals surface area contributed by atoms with Gasteiger partial charge in [-0.15, -0.1) is 0 Å². The molecule has 112 valence electrons. The average Bonchev–Trinajstić information content (AvgIpc) is 2.41.